The van der Waals surface area contributed by atoms with Crippen molar-refractivity contribution < 1.29 is 9.18 Å². The molecule has 2 aromatic rings. The van der Waals surface area contributed by atoms with Crippen LogP contribution >= 0.6 is 9.24 Å². The van der Waals surface area contributed by atoms with Crippen molar-refractivity contribution in [3.05, 3.63) is 36.0 Å². The number of carbonyl (C=O) groups excluding carboxylic acids is 1. The van der Waals surface area contributed by atoms with Crippen molar-refractivity contribution in [3.8, 4) is 0 Å². The number of alkyl halides is 1. The van der Waals surface area contributed by atoms with Gasteiger partial charge in [0.05, 0.1) is 5.52 Å². The van der Waals surface area contributed by atoms with Gasteiger partial charge in [-0.2, -0.15) is 0 Å². The third kappa shape index (κ3) is 5.09. The van der Waals surface area contributed by atoms with E-state index >= 15 is 0 Å². The summed E-state index contributed by atoms with van der Waals surface area (Å²) in [6.45, 7) is 9.10. The third-order valence-electron chi connectivity index (χ3n) is 5.80. The molecule has 1 aromatic heterocycles. The minimum absolute atomic E-state index is 0.0691. The quantitative estimate of drug-likeness (QED) is 0.724. The smallest absolute Gasteiger partial charge is 0.224 e. The molecule has 2 N–H and O–H groups in total. The van der Waals surface area contributed by atoms with Crippen molar-refractivity contribution in [2.45, 2.75) is 57.5 Å². The number of rotatable bonds is 5. The van der Waals surface area contributed by atoms with Gasteiger partial charge in [0.25, 0.3) is 0 Å². The first kappa shape index (κ1) is 22.9. The second-order valence-corrected chi connectivity index (χ2v) is 10.8. The summed E-state index contributed by atoms with van der Waals surface area (Å²) in [6.07, 6.45) is 2.97. The molecular weight excluding hydrogens is 398 g/mol. The molecule has 1 amide bonds. The van der Waals surface area contributed by atoms with Gasteiger partial charge < -0.3 is 15.5 Å². The van der Waals surface area contributed by atoms with E-state index in [9.17, 15) is 9.18 Å². The van der Waals surface area contributed by atoms with E-state index in [1.807, 2.05) is 50.1 Å². The molecule has 164 valence electrons. The van der Waals surface area contributed by atoms with E-state index in [1.54, 1.807) is 6.20 Å². The first-order valence-electron chi connectivity index (χ1n) is 10.5. The summed E-state index contributed by atoms with van der Waals surface area (Å²) in [6, 6.07) is 7.80. The van der Waals surface area contributed by atoms with Crippen LogP contribution in [0.15, 0.2) is 30.5 Å². The number of hydrogen-bond donors (Lipinski definition) is 1. The first-order valence-corrected chi connectivity index (χ1v) is 11.1. The standard InChI is InChI=1S/C23H34FN4OP/c1-15-11-16(27(5)20(29)12-22(2,3)25)14-28(13-15)19-9-8-18(23(4,24)30)21-17(19)7-6-10-26-21/h6-10,15-16H,11-14,25,30H2,1-5H3/t15-,16+,23?/m0/s1. The average molecular weight is 433 g/mol. The number of nitrogens with two attached hydrogens (primary N) is 1. The van der Waals surface area contributed by atoms with E-state index in [1.165, 1.54) is 6.92 Å². The summed E-state index contributed by atoms with van der Waals surface area (Å²) in [5.74, 6) is 0.490. The van der Waals surface area contributed by atoms with Crippen LogP contribution < -0.4 is 10.6 Å². The molecule has 1 aromatic carbocycles. The maximum absolute atomic E-state index is 14.7. The Balaban J connectivity index is 1.93. The van der Waals surface area contributed by atoms with E-state index < -0.39 is 10.9 Å². The number of carbonyl (C=O) groups is 1. The predicted octanol–water partition coefficient (Wildman–Crippen LogP) is 4.05. The molecule has 1 aliphatic heterocycles. The zero-order chi connectivity index (χ0) is 22.3. The van der Waals surface area contributed by atoms with Crippen LogP contribution in [0.5, 0.6) is 0 Å². The van der Waals surface area contributed by atoms with Crippen LogP contribution in [0.3, 0.4) is 0 Å². The van der Waals surface area contributed by atoms with E-state index in [0.29, 0.717) is 23.4 Å². The van der Waals surface area contributed by atoms with Crippen LogP contribution in [-0.4, -0.2) is 47.5 Å². The molecule has 1 saturated heterocycles. The van der Waals surface area contributed by atoms with Gasteiger partial charge in [-0.05, 0) is 51.3 Å². The molecule has 0 radical (unpaired) electrons. The molecule has 30 heavy (non-hydrogen) atoms. The lowest BCUT2D eigenvalue weighted by atomic mass is 9.92. The lowest BCUT2D eigenvalue weighted by Crippen LogP contribution is -2.52. The molecule has 4 atom stereocenters. The minimum atomic E-state index is -1.55. The molecule has 2 heterocycles. The zero-order valence-electron chi connectivity index (χ0n) is 18.7. The molecule has 2 unspecified atom stereocenters. The summed E-state index contributed by atoms with van der Waals surface area (Å²) in [7, 11) is 4.14. The van der Waals surface area contributed by atoms with Crippen molar-refractivity contribution in [3.63, 3.8) is 0 Å². The number of benzene rings is 1. The summed E-state index contributed by atoms with van der Waals surface area (Å²) in [5, 5.41) is -0.615. The number of amides is 1. The highest BCUT2D eigenvalue weighted by Crippen LogP contribution is 2.40. The Labute approximate surface area is 181 Å². The van der Waals surface area contributed by atoms with Crippen molar-refractivity contribution in [2.24, 2.45) is 11.7 Å². The molecular formula is C23H34FN4OP. The number of hydrogen-bond acceptors (Lipinski definition) is 4. The number of piperidine rings is 1. The first-order chi connectivity index (χ1) is 13.9. The van der Waals surface area contributed by atoms with Gasteiger partial charge in [-0.3, -0.25) is 9.78 Å². The summed E-state index contributed by atoms with van der Waals surface area (Å²) in [5.41, 5.74) is 7.81. The minimum Gasteiger partial charge on any atom is -0.369 e. The maximum atomic E-state index is 14.7. The Morgan fingerprint density at radius 1 is 1.33 bits per heavy atom. The van der Waals surface area contributed by atoms with Gasteiger partial charge in [0.15, 0.2) is 0 Å². The molecule has 0 saturated carbocycles. The number of halogens is 1. The molecule has 0 bridgehead atoms. The van der Waals surface area contributed by atoms with Crippen molar-refractivity contribution >= 4 is 31.7 Å². The second-order valence-electron chi connectivity index (χ2n) is 9.68. The molecule has 0 aliphatic carbocycles. The molecule has 1 fully saturated rings. The SMILES string of the molecule is C[C@H]1C[C@@H](N(C)C(=O)CC(C)(C)N)CN(c2ccc(C(C)(F)P)c3ncccc23)C1. The van der Waals surface area contributed by atoms with E-state index in [0.717, 1.165) is 30.6 Å². The Kier molecular flexibility index (Phi) is 6.41. The summed E-state index contributed by atoms with van der Waals surface area (Å²) in [4.78, 5) is 21.4. The van der Waals surface area contributed by atoms with E-state index in [4.69, 9.17) is 5.73 Å². The van der Waals surface area contributed by atoms with Gasteiger partial charge in [-0.1, -0.05) is 22.2 Å². The Morgan fingerprint density at radius 2 is 2.03 bits per heavy atom. The largest absolute Gasteiger partial charge is 0.369 e. The van der Waals surface area contributed by atoms with Crippen molar-refractivity contribution in [1.82, 2.24) is 9.88 Å². The van der Waals surface area contributed by atoms with E-state index in [2.05, 4.69) is 26.0 Å². The number of aromatic nitrogens is 1. The number of likely N-dealkylation sites (N-methyl/N-ethyl adjacent to an activating group) is 1. The van der Waals surface area contributed by atoms with Crippen LogP contribution in [0, 0.1) is 5.92 Å². The Bertz CT molecular complexity index is 922. The number of anilines is 1. The van der Waals surface area contributed by atoms with Crippen LogP contribution in [0.2, 0.25) is 0 Å². The normalized spacial score (nSPS) is 22.1. The topological polar surface area (TPSA) is 62.5 Å². The van der Waals surface area contributed by atoms with E-state index in [-0.39, 0.29) is 11.9 Å². The van der Waals surface area contributed by atoms with Crippen molar-refractivity contribution in [2.75, 3.05) is 25.0 Å². The lowest BCUT2D eigenvalue weighted by molar-refractivity contribution is -0.133. The molecule has 1 aliphatic rings. The number of pyridine rings is 1. The molecule has 3 rings (SSSR count). The second kappa shape index (κ2) is 8.39. The average Bonchev–Trinajstić information content (AvgIpc) is 2.63. The van der Waals surface area contributed by atoms with Crippen LogP contribution in [-0.2, 0) is 10.2 Å². The van der Waals surface area contributed by atoms with Gasteiger partial charge >= 0.3 is 0 Å². The third-order valence-corrected chi connectivity index (χ3v) is 6.11. The zero-order valence-corrected chi connectivity index (χ0v) is 19.8. The molecule has 5 nitrogen and oxygen atoms in total. The number of fused-ring (bicyclic) bond motifs is 1. The summed E-state index contributed by atoms with van der Waals surface area (Å²) < 4.78 is 14.7. The highest BCUT2D eigenvalue weighted by Gasteiger charge is 2.32. The van der Waals surface area contributed by atoms with Crippen LogP contribution in [0.25, 0.3) is 10.9 Å². The monoisotopic (exact) mass is 432 g/mol. The lowest BCUT2D eigenvalue weighted by Gasteiger charge is -2.42. The Morgan fingerprint density at radius 3 is 2.67 bits per heavy atom. The van der Waals surface area contributed by atoms with Gasteiger partial charge in [0.1, 0.15) is 5.41 Å². The summed E-state index contributed by atoms with van der Waals surface area (Å²) >= 11 is 0. The highest BCUT2D eigenvalue weighted by atomic mass is 31.0. The fourth-order valence-electron chi connectivity index (χ4n) is 4.34. The predicted molar refractivity (Wildman–Crippen MR) is 125 cm³/mol. The fraction of sp³-hybridized carbons (Fsp3) is 0.565. The number of nitrogens with zero attached hydrogens (tertiary/aromatic N) is 3. The van der Waals surface area contributed by atoms with Gasteiger partial charge in [-0.25, -0.2) is 4.39 Å². The van der Waals surface area contributed by atoms with Crippen LogP contribution in [0.1, 0.15) is 46.1 Å². The molecule has 0 spiro atoms. The molecule has 7 heteroatoms. The Hall–Kier alpha value is -1.78. The fourth-order valence-corrected chi connectivity index (χ4v) is 4.57. The van der Waals surface area contributed by atoms with Crippen molar-refractivity contribution in [1.29, 1.82) is 0 Å². The highest BCUT2D eigenvalue weighted by molar-refractivity contribution is 7.18. The van der Waals surface area contributed by atoms with Gasteiger partial charge in [0, 0.05) is 61.0 Å². The van der Waals surface area contributed by atoms with Gasteiger partial charge in [0.2, 0.25) is 5.91 Å². The maximum Gasteiger partial charge on any atom is 0.224 e. The van der Waals surface area contributed by atoms with Crippen LogP contribution in [0.4, 0.5) is 10.1 Å². The van der Waals surface area contributed by atoms with Gasteiger partial charge in [-0.15, -0.1) is 0 Å².